The zero-order valence-electron chi connectivity index (χ0n) is 18.6. The van der Waals surface area contributed by atoms with E-state index < -0.39 is 0 Å². The lowest BCUT2D eigenvalue weighted by Crippen LogP contribution is -2.38. The molecule has 0 saturated carbocycles. The summed E-state index contributed by atoms with van der Waals surface area (Å²) >= 11 is 0. The highest BCUT2D eigenvalue weighted by molar-refractivity contribution is 5.84. The maximum atomic E-state index is 12.2. The molecule has 164 valence electrons. The van der Waals surface area contributed by atoms with E-state index in [9.17, 15) is 4.79 Å². The number of oxazole rings is 1. The molecule has 0 aliphatic carbocycles. The molecule has 0 spiro atoms. The van der Waals surface area contributed by atoms with Crippen LogP contribution in [-0.2, 0) is 4.79 Å². The van der Waals surface area contributed by atoms with Crippen LogP contribution in [0, 0.1) is 11.8 Å². The molecule has 1 amide bonds. The summed E-state index contributed by atoms with van der Waals surface area (Å²) in [7, 11) is 0. The Morgan fingerprint density at radius 2 is 1.90 bits per heavy atom. The lowest BCUT2D eigenvalue weighted by molar-refractivity contribution is -0.126. The van der Waals surface area contributed by atoms with Crippen LogP contribution in [0.15, 0.2) is 53.5 Å². The van der Waals surface area contributed by atoms with E-state index in [-0.39, 0.29) is 23.8 Å². The molecule has 0 saturated heterocycles. The molecule has 0 unspecified atom stereocenters. The molecule has 3 rings (SSSR count). The average molecular weight is 422 g/mol. The molecule has 2 aromatic carbocycles. The average Bonchev–Trinajstić information content (AvgIpc) is 3.19. The summed E-state index contributed by atoms with van der Waals surface area (Å²) in [5, 5.41) is 0. The smallest absolute Gasteiger partial charge is 0.237 e. The first-order valence-electron chi connectivity index (χ1n) is 10.7. The third-order valence-corrected chi connectivity index (χ3v) is 5.46. The molecule has 1 heterocycles. The normalized spacial score (nSPS) is 13.2. The molecular formula is C25H31N3O3. The topological polar surface area (TPSA) is 90.4 Å². The van der Waals surface area contributed by atoms with Crippen molar-refractivity contribution in [2.24, 2.45) is 17.7 Å². The van der Waals surface area contributed by atoms with E-state index in [1.165, 1.54) is 0 Å². The fourth-order valence-corrected chi connectivity index (χ4v) is 3.73. The van der Waals surface area contributed by atoms with Crippen molar-refractivity contribution in [3.05, 3.63) is 54.6 Å². The summed E-state index contributed by atoms with van der Waals surface area (Å²) in [5.41, 5.74) is 6.41. The first kappa shape index (κ1) is 22.6. The molecule has 0 fully saturated rings. The Hall–Kier alpha value is -3.12. The number of carbonyl (C=O) groups excluding carboxylic acids is 1. The van der Waals surface area contributed by atoms with Gasteiger partial charge in [0, 0.05) is 11.5 Å². The number of nitrogens with one attached hydrogen (secondary N) is 1. The van der Waals surface area contributed by atoms with Crippen molar-refractivity contribution in [3.63, 3.8) is 0 Å². The molecule has 6 heteroatoms. The predicted octanol–water partition coefficient (Wildman–Crippen LogP) is 5.34. The third-order valence-electron chi connectivity index (χ3n) is 5.46. The van der Waals surface area contributed by atoms with Crippen LogP contribution >= 0.6 is 0 Å². The number of nitrogens with zero attached hydrogens (tertiary/aromatic N) is 1. The van der Waals surface area contributed by atoms with E-state index in [0.717, 1.165) is 40.8 Å². The summed E-state index contributed by atoms with van der Waals surface area (Å²) < 4.78 is 11.7. The van der Waals surface area contributed by atoms with Crippen LogP contribution in [0.4, 0.5) is 0 Å². The monoisotopic (exact) mass is 421 g/mol. The van der Waals surface area contributed by atoms with E-state index in [4.69, 9.17) is 15.0 Å². The van der Waals surface area contributed by atoms with Gasteiger partial charge < -0.3 is 9.15 Å². The van der Waals surface area contributed by atoms with Gasteiger partial charge in [-0.25, -0.2) is 10.8 Å². The number of benzene rings is 2. The molecule has 0 bridgehead atoms. The van der Waals surface area contributed by atoms with E-state index >= 15 is 0 Å². The van der Waals surface area contributed by atoms with Gasteiger partial charge in [0.15, 0.2) is 5.58 Å². The zero-order chi connectivity index (χ0) is 22.5. The van der Waals surface area contributed by atoms with Crippen molar-refractivity contribution in [2.45, 2.75) is 46.6 Å². The Morgan fingerprint density at radius 3 is 2.52 bits per heavy atom. The minimum Gasteiger partial charge on any atom is -0.491 e. The van der Waals surface area contributed by atoms with Gasteiger partial charge in [0.1, 0.15) is 11.3 Å². The van der Waals surface area contributed by atoms with Crippen LogP contribution in [0.3, 0.4) is 0 Å². The fourth-order valence-electron chi connectivity index (χ4n) is 3.73. The number of amides is 1. The SMILES string of the molecule is C=C(c1ccc2nc(-c3ccc(OC(C)C)cc3)oc2c1)[C@@H](C)[C@H](CCC)C(=O)NN. The second-order valence-electron chi connectivity index (χ2n) is 8.11. The molecule has 31 heavy (non-hydrogen) atoms. The fraction of sp³-hybridized carbons (Fsp3) is 0.360. The highest BCUT2D eigenvalue weighted by Crippen LogP contribution is 2.33. The number of hydrazine groups is 1. The first-order valence-corrected chi connectivity index (χ1v) is 10.7. The van der Waals surface area contributed by atoms with Gasteiger partial charge in [-0.2, -0.15) is 0 Å². The Balaban J connectivity index is 1.84. The predicted molar refractivity (Wildman–Crippen MR) is 124 cm³/mol. The van der Waals surface area contributed by atoms with E-state index in [2.05, 4.69) is 23.9 Å². The first-order chi connectivity index (χ1) is 14.8. The van der Waals surface area contributed by atoms with Crippen molar-refractivity contribution in [3.8, 4) is 17.2 Å². The van der Waals surface area contributed by atoms with Crippen molar-refractivity contribution in [1.29, 1.82) is 0 Å². The minimum atomic E-state index is -0.227. The van der Waals surface area contributed by atoms with Gasteiger partial charge in [-0.05, 0) is 73.7 Å². The second kappa shape index (κ2) is 9.79. The quantitative estimate of drug-likeness (QED) is 0.277. The Bertz CT molecular complexity index is 1050. The van der Waals surface area contributed by atoms with Crippen LogP contribution in [0.5, 0.6) is 5.75 Å². The Labute approximate surface area is 183 Å². The lowest BCUT2D eigenvalue weighted by atomic mass is 9.81. The maximum Gasteiger partial charge on any atom is 0.237 e. The highest BCUT2D eigenvalue weighted by atomic mass is 16.5. The molecule has 0 aliphatic heterocycles. The van der Waals surface area contributed by atoms with Crippen LogP contribution in [0.1, 0.15) is 46.1 Å². The van der Waals surface area contributed by atoms with Gasteiger partial charge in [0.25, 0.3) is 0 Å². The maximum absolute atomic E-state index is 12.2. The van der Waals surface area contributed by atoms with Gasteiger partial charge in [-0.3, -0.25) is 10.2 Å². The number of rotatable bonds is 9. The van der Waals surface area contributed by atoms with Crippen molar-refractivity contribution < 1.29 is 13.9 Å². The summed E-state index contributed by atoms with van der Waals surface area (Å²) in [6.07, 6.45) is 1.76. The number of allylic oxidation sites excluding steroid dienone is 1. The van der Waals surface area contributed by atoms with Crippen molar-refractivity contribution >= 4 is 22.6 Å². The number of carbonyl (C=O) groups is 1. The summed E-state index contributed by atoms with van der Waals surface area (Å²) in [6, 6.07) is 13.5. The van der Waals surface area contributed by atoms with Crippen LogP contribution in [-0.4, -0.2) is 17.0 Å². The van der Waals surface area contributed by atoms with Crippen molar-refractivity contribution in [1.82, 2.24) is 10.4 Å². The summed E-state index contributed by atoms with van der Waals surface area (Å²) in [5.74, 6) is 6.30. The van der Waals surface area contributed by atoms with Crippen LogP contribution < -0.4 is 16.0 Å². The molecule has 0 aliphatic rings. The van der Waals surface area contributed by atoms with Crippen molar-refractivity contribution in [2.75, 3.05) is 0 Å². The number of ether oxygens (including phenoxy) is 1. The van der Waals surface area contributed by atoms with E-state index in [1.54, 1.807) is 0 Å². The number of hydrogen-bond donors (Lipinski definition) is 2. The number of nitrogens with two attached hydrogens (primary N) is 1. The Kier molecular flexibility index (Phi) is 7.13. The summed E-state index contributed by atoms with van der Waals surface area (Å²) in [4.78, 5) is 16.8. The van der Waals surface area contributed by atoms with E-state index in [1.807, 2.05) is 63.2 Å². The molecular weight excluding hydrogens is 390 g/mol. The number of hydrogen-bond acceptors (Lipinski definition) is 5. The van der Waals surface area contributed by atoms with Gasteiger partial charge in [0.05, 0.1) is 6.10 Å². The van der Waals surface area contributed by atoms with Gasteiger partial charge >= 0.3 is 0 Å². The number of fused-ring (bicyclic) bond motifs is 1. The second-order valence-corrected chi connectivity index (χ2v) is 8.11. The molecule has 1 aromatic heterocycles. The third kappa shape index (κ3) is 5.14. The lowest BCUT2D eigenvalue weighted by Gasteiger charge is -2.24. The largest absolute Gasteiger partial charge is 0.491 e. The minimum absolute atomic E-state index is 0.0585. The molecule has 0 radical (unpaired) electrons. The molecule has 3 N–H and O–H groups in total. The van der Waals surface area contributed by atoms with Crippen LogP contribution in [0.25, 0.3) is 28.1 Å². The summed E-state index contributed by atoms with van der Waals surface area (Å²) in [6.45, 7) is 12.3. The van der Waals surface area contributed by atoms with E-state index in [0.29, 0.717) is 11.5 Å². The van der Waals surface area contributed by atoms with Gasteiger partial charge in [-0.15, -0.1) is 0 Å². The van der Waals surface area contributed by atoms with Gasteiger partial charge in [-0.1, -0.05) is 32.9 Å². The standard InChI is InChI=1S/C25H31N3O3/c1-6-7-21(24(29)28-26)17(5)16(4)19-10-13-22-23(14-19)31-25(27-22)18-8-11-20(12-9-18)30-15(2)3/h8-15,17,21H,4,6-7,26H2,1-3,5H3,(H,28,29)/t17-,21+/m1/s1. The Morgan fingerprint density at radius 1 is 1.19 bits per heavy atom. The molecule has 3 aromatic rings. The van der Waals surface area contributed by atoms with Crippen LogP contribution in [0.2, 0.25) is 0 Å². The number of aromatic nitrogens is 1. The highest BCUT2D eigenvalue weighted by Gasteiger charge is 2.26. The molecule has 2 atom stereocenters. The van der Waals surface area contributed by atoms with Gasteiger partial charge in [0.2, 0.25) is 11.8 Å². The zero-order valence-corrected chi connectivity index (χ0v) is 18.6. The molecule has 6 nitrogen and oxygen atoms in total.